The van der Waals surface area contributed by atoms with Crippen molar-refractivity contribution in [1.29, 1.82) is 0 Å². The van der Waals surface area contributed by atoms with Crippen LogP contribution in [-0.2, 0) is 11.2 Å². The van der Waals surface area contributed by atoms with Crippen LogP contribution in [0.2, 0.25) is 0 Å². The number of nitrogens with one attached hydrogen (secondary N) is 2. The van der Waals surface area contributed by atoms with Gasteiger partial charge in [-0.25, -0.2) is 0 Å². The van der Waals surface area contributed by atoms with E-state index in [1.54, 1.807) is 12.1 Å². The van der Waals surface area contributed by atoms with Gasteiger partial charge < -0.3 is 9.09 Å². The molecule has 0 atom stereocenters. The van der Waals surface area contributed by atoms with Crippen molar-refractivity contribution in [3.63, 3.8) is 0 Å². The van der Waals surface area contributed by atoms with Crippen LogP contribution in [-0.4, -0.2) is 26.5 Å². The molecule has 2 N–H and O–H groups in total. The maximum atomic E-state index is 12.5. The molecular formula is C20H17N5O3S. The van der Waals surface area contributed by atoms with E-state index in [1.807, 2.05) is 58.7 Å². The van der Waals surface area contributed by atoms with Crippen LogP contribution < -0.4 is 10.9 Å². The van der Waals surface area contributed by atoms with Gasteiger partial charge in [0.2, 0.25) is 17.6 Å². The van der Waals surface area contributed by atoms with Gasteiger partial charge in [0.1, 0.15) is 0 Å². The summed E-state index contributed by atoms with van der Waals surface area (Å²) < 4.78 is 7.00. The van der Waals surface area contributed by atoms with E-state index in [4.69, 9.17) is 4.52 Å². The van der Waals surface area contributed by atoms with Crippen LogP contribution in [0, 0.1) is 0 Å². The van der Waals surface area contributed by atoms with Gasteiger partial charge in [0.25, 0.3) is 5.91 Å². The number of carbonyl (C=O) groups excluding carboxylic acids is 2. The van der Waals surface area contributed by atoms with E-state index < -0.39 is 5.91 Å². The molecule has 1 aromatic carbocycles. The molecule has 9 heteroatoms. The van der Waals surface area contributed by atoms with Crippen molar-refractivity contribution in [2.45, 2.75) is 12.8 Å². The van der Waals surface area contributed by atoms with Crippen molar-refractivity contribution in [3.8, 4) is 16.4 Å². The zero-order chi connectivity index (χ0) is 20.1. The molecule has 146 valence electrons. The van der Waals surface area contributed by atoms with Crippen LogP contribution >= 0.6 is 11.3 Å². The Kier molecular flexibility index (Phi) is 5.48. The molecule has 0 saturated heterocycles. The van der Waals surface area contributed by atoms with Crippen LogP contribution in [0.15, 0.2) is 70.8 Å². The summed E-state index contributed by atoms with van der Waals surface area (Å²) in [4.78, 5) is 29.7. The van der Waals surface area contributed by atoms with Gasteiger partial charge in [-0.15, -0.1) is 11.3 Å². The fourth-order valence-corrected chi connectivity index (χ4v) is 3.37. The number of hydrazine groups is 1. The Bertz CT molecular complexity index is 1100. The topological polar surface area (TPSA) is 102 Å². The number of para-hydroxylation sites is 1. The zero-order valence-corrected chi connectivity index (χ0v) is 16.1. The number of nitrogens with zero attached hydrogens (tertiary/aromatic N) is 3. The second-order valence-electron chi connectivity index (χ2n) is 6.10. The lowest BCUT2D eigenvalue weighted by atomic mass is 10.1. The van der Waals surface area contributed by atoms with Crippen molar-refractivity contribution in [2.24, 2.45) is 0 Å². The number of carbonyl (C=O) groups is 2. The van der Waals surface area contributed by atoms with E-state index in [1.165, 1.54) is 11.3 Å². The highest BCUT2D eigenvalue weighted by Gasteiger charge is 2.14. The summed E-state index contributed by atoms with van der Waals surface area (Å²) in [6.07, 6.45) is 4.07. The lowest BCUT2D eigenvalue weighted by Gasteiger charge is -2.11. The van der Waals surface area contributed by atoms with E-state index in [-0.39, 0.29) is 18.7 Å². The molecule has 3 aromatic heterocycles. The average Bonchev–Trinajstić information content (AvgIpc) is 3.51. The summed E-state index contributed by atoms with van der Waals surface area (Å²) in [5.41, 5.74) is 6.04. The number of thiophene rings is 1. The van der Waals surface area contributed by atoms with Gasteiger partial charge in [-0.1, -0.05) is 23.4 Å². The standard InChI is InChI=1S/C20H17N5O3S/c26-17(9-10-18-21-19(24-28-18)16-8-5-13-29-16)22-23-20(27)14-6-1-2-7-15(14)25-11-3-4-12-25/h1-8,11-13H,9-10H2,(H,22,26)(H,23,27). The third-order valence-electron chi connectivity index (χ3n) is 4.12. The summed E-state index contributed by atoms with van der Waals surface area (Å²) in [7, 11) is 0. The number of benzene rings is 1. The summed E-state index contributed by atoms with van der Waals surface area (Å²) >= 11 is 1.51. The highest BCUT2D eigenvalue weighted by Crippen LogP contribution is 2.21. The van der Waals surface area contributed by atoms with E-state index in [0.29, 0.717) is 17.3 Å². The van der Waals surface area contributed by atoms with E-state index in [2.05, 4.69) is 21.0 Å². The van der Waals surface area contributed by atoms with Gasteiger partial charge in [-0.05, 0) is 35.7 Å². The van der Waals surface area contributed by atoms with Gasteiger partial charge in [0, 0.05) is 25.2 Å². The molecule has 29 heavy (non-hydrogen) atoms. The van der Waals surface area contributed by atoms with Gasteiger partial charge >= 0.3 is 0 Å². The Morgan fingerprint density at radius 1 is 1.03 bits per heavy atom. The second kappa shape index (κ2) is 8.53. The molecule has 0 aliphatic rings. The molecule has 0 saturated carbocycles. The van der Waals surface area contributed by atoms with Crippen molar-refractivity contribution < 1.29 is 14.1 Å². The van der Waals surface area contributed by atoms with Crippen LogP contribution in [0.3, 0.4) is 0 Å². The maximum Gasteiger partial charge on any atom is 0.271 e. The Hall–Kier alpha value is -3.72. The number of aromatic nitrogens is 3. The quantitative estimate of drug-likeness (QED) is 0.479. The Balaban J connectivity index is 1.31. The summed E-state index contributed by atoms with van der Waals surface area (Å²) in [6.45, 7) is 0. The fourth-order valence-electron chi connectivity index (χ4n) is 2.72. The number of hydrogen-bond donors (Lipinski definition) is 2. The highest BCUT2D eigenvalue weighted by atomic mass is 32.1. The third kappa shape index (κ3) is 4.41. The minimum atomic E-state index is -0.402. The molecule has 4 aromatic rings. The first-order valence-electron chi connectivity index (χ1n) is 8.89. The average molecular weight is 407 g/mol. The van der Waals surface area contributed by atoms with Gasteiger partial charge in [-0.3, -0.25) is 20.4 Å². The van der Waals surface area contributed by atoms with Crippen molar-refractivity contribution >= 4 is 23.2 Å². The zero-order valence-electron chi connectivity index (χ0n) is 15.2. The van der Waals surface area contributed by atoms with Gasteiger partial charge in [0.15, 0.2) is 0 Å². The molecule has 8 nitrogen and oxygen atoms in total. The molecule has 0 fully saturated rings. The maximum absolute atomic E-state index is 12.5. The Labute approximate surface area is 170 Å². The normalized spacial score (nSPS) is 10.6. The molecule has 4 rings (SSSR count). The Morgan fingerprint density at radius 2 is 1.86 bits per heavy atom. The van der Waals surface area contributed by atoms with E-state index >= 15 is 0 Å². The molecule has 0 spiro atoms. The molecule has 0 unspecified atom stereocenters. The lowest BCUT2D eigenvalue weighted by molar-refractivity contribution is -0.121. The lowest BCUT2D eigenvalue weighted by Crippen LogP contribution is -2.42. The minimum Gasteiger partial charge on any atom is -0.339 e. The molecule has 0 radical (unpaired) electrons. The van der Waals surface area contributed by atoms with Crippen LogP contribution in [0.25, 0.3) is 16.4 Å². The molecule has 0 aliphatic carbocycles. The largest absolute Gasteiger partial charge is 0.339 e. The molecular weight excluding hydrogens is 390 g/mol. The highest BCUT2D eigenvalue weighted by molar-refractivity contribution is 7.13. The first-order valence-corrected chi connectivity index (χ1v) is 9.77. The Morgan fingerprint density at radius 3 is 2.66 bits per heavy atom. The number of amides is 2. The van der Waals surface area contributed by atoms with Crippen molar-refractivity contribution in [2.75, 3.05) is 0 Å². The fraction of sp³-hybridized carbons (Fsp3) is 0.100. The predicted molar refractivity (Wildman–Crippen MR) is 107 cm³/mol. The first-order chi connectivity index (χ1) is 14.2. The third-order valence-corrected chi connectivity index (χ3v) is 4.99. The first kappa shape index (κ1) is 18.6. The molecule has 2 amide bonds. The number of rotatable bonds is 6. The van der Waals surface area contributed by atoms with E-state index in [0.717, 1.165) is 10.6 Å². The van der Waals surface area contributed by atoms with Crippen molar-refractivity contribution in [3.05, 3.63) is 77.8 Å². The minimum absolute atomic E-state index is 0.103. The number of aryl methyl sites for hydroxylation is 1. The molecule has 3 heterocycles. The van der Waals surface area contributed by atoms with Gasteiger partial charge in [-0.2, -0.15) is 4.98 Å². The van der Waals surface area contributed by atoms with Crippen LogP contribution in [0.5, 0.6) is 0 Å². The van der Waals surface area contributed by atoms with Crippen LogP contribution in [0.4, 0.5) is 0 Å². The monoisotopic (exact) mass is 407 g/mol. The van der Waals surface area contributed by atoms with Gasteiger partial charge in [0.05, 0.1) is 16.1 Å². The second-order valence-corrected chi connectivity index (χ2v) is 7.05. The summed E-state index contributed by atoms with van der Waals surface area (Å²) in [6, 6.07) is 14.7. The predicted octanol–water partition coefficient (Wildman–Crippen LogP) is 2.98. The SMILES string of the molecule is O=C(CCc1nc(-c2cccs2)no1)NNC(=O)c1ccccc1-n1cccc1. The summed E-state index contributed by atoms with van der Waals surface area (Å²) in [5.74, 6) is 0.117. The van der Waals surface area contributed by atoms with Crippen molar-refractivity contribution in [1.82, 2.24) is 25.6 Å². The number of hydrogen-bond acceptors (Lipinski definition) is 6. The van der Waals surface area contributed by atoms with Crippen LogP contribution in [0.1, 0.15) is 22.7 Å². The molecule has 0 aliphatic heterocycles. The van der Waals surface area contributed by atoms with E-state index in [9.17, 15) is 9.59 Å². The smallest absolute Gasteiger partial charge is 0.271 e. The molecule has 0 bridgehead atoms. The summed E-state index contributed by atoms with van der Waals surface area (Å²) in [5, 5.41) is 5.83.